The van der Waals surface area contributed by atoms with Crippen molar-refractivity contribution in [2.45, 2.75) is 0 Å². The van der Waals surface area contributed by atoms with Gasteiger partial charge in [-0.15, -0.1) is 0 Å². The van der Waals surface area contributed by atoms with Crippen molar-refractivity contribution in [1.29, 1.82) is 0 Å². The van der Waals surface area contributed by atoms with Gasteiger partial charge in [0, 0.05) is 11.2 Å². The number of phenols is 1. The Morgan fingerprint density at radius 1 is 1.06 bits per heavy atom. The number of rotatable bonds is 2. The molecule has 16 heavy (non-hydrogen) atoms. The molecule has 2 nitrogen and oxygen atoms in total. The Balaban J connectivity index is 2.25. The molecule has 0 fully saturated rings. The molecule has 80 valence electrons. The van der Waals surface area contributed by atoms with Gasteiger partial charge in [-0.1, -0.05) is 35.9 Å². The van der Waals surface area contributed by atoms with Crippen molar-refractivity contribution in [3.63, 3.8) is 0 Å². The molecule has 0 atom stereocenters. The molecule has 0 saturated heterocycles. The third kappa shape index (κ3) is 2.61. The SMILES string of the molecule is Oc1ccccc1N=Cc1cccc(Cl)c1. The second-order valence-electron chi connectivity index (χ2n) is 3.30. The molecular formula is C13H10ClNO. The van der Waals surface area contributed by atoms with Crippen molar-refractivity contribution in [2.75, 3.05) is 0 Å². The minimum absolute atomic E-state index is 0.167. The Hall–Kier alpha value is -1.80. The van der Waals surface area contributed by atoms with Crippen LogP contribution in [0.2, 0.25) is 5.02 Å². The first-order valence-corrected chi connectivity index (χ1v) is 5.21. The maximum atomic E-state index is 9.50. The third-order valence-electron chi connectivity index (χ3n) is 2.08. The molecular weight excluding hydrogens is 222 g/mol. The van der Waals surface area contributed by atoms with E-state index in [0.717, 1.165) is 5.56 Å². The van der Waals surface area contributed by atoms with Crippen LogP contribution in [0.5, 0.6) is 5.75 Å². The van der Waals surface area contributed by atoms with E-state index in [-0.39, 0.29) is 5.75 Å². The maximum Gasteiger partial charge on any atom is 0.141 e. The van der Waals surface area contributed by atoms with Crippen LogP contribution in [0.1, 0.15) is 5.56 Å². The van der Waals surface area contributed by atoms with Gasteiger partial charge in [-0.05, 0) is 29.8 Å². The fourth-order valence-electron chi connectivity index (χ4n) is 1.30. The lowest BCUT2D eigenvalue weighted by Crippen LogP contribution is -1.79. The first kappa shape index (κ1) is 10.7. The van der Waals surface area contributed by atoms with E-state index in [1.54, 1.807) is 30.5 Å². The normalized spacial score (nSPS) is 10.8. The molecule has 0 spiro atoms. The maximum absolute atomic E-state index is 9.50. The predicted molar refractivity (Wildman–Crippen MR) is 66.8 cm³/mol. The summed E-state index contributed by atoms with van der Waals surface area (Å²) >= 11 is 5.85. The lowest BCUT2D eigenvalue weighted by Gasteiger charge is -1.97. The van der Waals surface area contributed by atoms with Gasteiger partial charge in [0.25, 0.3) is 0 Å². The van der Waals surface area contributed by atoms with Gasteiger partial charge >= 0.3 is 0 Å². The highest BCUT2D eigenvalue weighted by Gasteiger charge is 1.95. The summed E-state index contributed by atoms with van der Waals surface area (Å²) in [5.41, 5.74) is 1.44. The number of hydrogen-bond donors (Lipinski definition) is 1. The zero-order valence-corrected chi connectivity index (χ0v) is 9.22. The molecule has 0 saturated carbocycles. The van der Waals surface area contributed by atoms with Crippen molar-refractivity contribution in [1.82, 2.24) is 0 Å². The van der Waals surface area contributed by atoms with Crippen molar-refractivity contribution >= 4 is 23.5 Å². The molecule has 0 aromatic heterocycles. The van der Waals surface area contributed by atoms with Gasteiger partial charge in [0.05, 0.1) is 0 Å². The van der Waals surface area contributed by atoms with Crippen LogP contribution in [0.3, 0.4) is 0 Å². The number of nitrogens with zero attached hydrogens (tertiary/aromatic N) is 1. The lowest BCUT2D eigenvalue weighted by molar-refractivity contribution is 0.477. The standard InChI is InChI=1S/C13H10ClNO/c14-11-5-3-4-10(8-11)9-15-12-6-1-2-7-13(12)16/h1-9,16H. The highest BCUT2D eigenvalue weighted by Crippen LogP contribution is 2.24. The van der Waals surface area contributed by atoms with Gasteiger partial charge < -0.3 is 5.11 Å². The Morgan fingerprint density at radius 2 is 1.88 bits per heavy atom. The fourth-order valence-corrected chi connectivity index (χ4v) is 1.50. The molecule has 0 amide bonds. The second kappa shape index (κ2) is 4.81. The van der Waals surface area contributed by atoms with E-state index < -0.39 is 0 Å². The van der Waals surface area contributed by atoms with Crippen LogP contribution in [0.25, 0.3) is 0 Å². The lowest BCUT2D eigenvalue weighted by atomic mass is 10.2. The number of para-hydroxylation sites is 2. The van der Waals surface area contributed by atoms with Crippen LogP contribution in [0.15, 0.2) is 53.5 Å². The van der Waals surface area contributed by atoms with Gasteiger partial charge in [-0.2, -0.15) is 0 Å². The number of phenolic OH excluding ortho intramolecular Hbond substituents is 1. The van der Waals surface area contributed by atoms with E-state index in [1.807, 2.05) is 24.3 Å². The van der Waals surface area contributed by atoms with Crippen LogP contribution >= 0.6 is 11.6 Å². The van der Waals surface area contributed by atoms with Crippen LogP contribution < -0.4 is 0 Å². The van der Waals surface area contributed by atoms with Crippen molar-refractivity contribution in [3.05, 3.63) is 59.1 Å². The molecule has 0 radical (unpaired) electrons. The number of hydrogen-bond acceptors (Lipinski definition) is 2. The molecule has 2 aromatic rings. The number of benzene rings is 2. The molecule has 0 aliphatic heterocycles. The van der Waals surface area contributed by atoms with Crippen molar-refractivity contribution in [3.8, 4) is 5.75 Å². The Labute approximate surface area is 98.8 Å². The minimum atomic E-state index is 0.167. The van der Waals surface area contributed by atoms with Crippen LogP contribution in [0.4, 0.5) is 5.69 Å². The van der Waals surface area contributed by atoms with E-state index in [2.05, 4.69) is 4.99 Å². The van der Waals surface area contributed by atoms with Crippen LogP contribution in [0, 0.1) is 0 Å². The molecule has 3 heteroatoms. The third-order valence-corrected chi connectivity index (χ3v) is 2.32. The monoisotopic (exact) mass is 231 g/mol. The minimum Gasteiger partial charge on any atom is -0.506 e. The first-order chi connectivity index (χ1) is 7.75. The molecule has 1 N–H and O–H groups in total. The molecule has 0 heterocycles. The van der Waals surface area contributed by atoms with E-state index in [4.69, 9.17) is 11.6 Å². The van der Waals surface area contributed by atoms with E-state index in [0.29, 0.717) is 10.7 Å². The smallest absolute Gasteiger partial charge is 0.141 e. The summed E-state index contributed by atoms with van der Waals surface area (Å²) in [6.07, 6.45) is 1.67. The Morgan fingerprint density at radius 3 is 2.62 bits per heavy atom. The highest BCUT2D eigenvalue weighted by atomic mass is 35.5. The molecule has 2 rings (SSSR count). The highest BCUT2D eigenvalue weighted by molar-refractivity contribution is 6.30. The zero-order valence-electron chi connectivity index (χ0n) is 8.47. The predicted octanol–water partition coefficient (Wildman–Crippen LogP) is 3.80. The van der Waals surface area contributed by atoms with Crippen LogP contribution in [-0.2, 0) is 0 Å². The van der Waals surface area contributed by atoms with Gasteiger partial charge in [0.15, 0.2) is 0 Å². The molecule has 0 bridgehead atoms. The van der Waals surface area contributed by atoms with Crippen molar-refractivity contribution < 1.29 is 5.11 Å². The average molecular weight is 232 g/mol. The van der Waals surface area contributed by atoms with E-state index >= 15 is 0 Å². The Bertz CT molecular complexity index is 523. The summed E-state index contributed by atoms with van der Waals surface area (Å²) < 4.78 is 0. The van der Waals surface area contributed by atoms with Gasteiger partial charge in [0.1, 0.15) is 11.4 Å². The summed E-state index contributed by atoms with van der Waals surface area (Å²) in [4.78, 5) is 4.18. The zero-order chi connectivity index (χ0) is 11.4. The summed E-state index contributed by atoms with van der Waals surface area (Å²) in [6, 6.07) is 14.3. The quantitative estimate of drug-likeness (QED) is 0.784. The van der Waals surface area contributed by atoms with Crippen molar-refractivity contribution in [2.24, 2.45) is 4.99 Å². The molecule has 0 unspecified atom stereocenters. The summed E-state index contributed by atoms with van der Waals surface area (Å²) in [5, 5.41) is 10.2. The van der Waals surface area contributed by atoms with Crippen LogP contribution in [-0.4, -0.2) is 11.3 Å². The number of aliphatic imine (C=N–C) groups is 1. The average Bonchev–Trinajstić information content (AvgIpc) is 2.28. The second-order valence-corrected chi connectivity index (χ2v) is 3.74. The number of halogens is 1. The molecule has 2 aromatic carbocycles. The van der Waals surface area contributed by atoms with Gasteiger partial charge in [-0.25, -0.2) is 0 Å². The summed E-state index contributed by atoms with van der Waals surface area (Å²) in [7, 11) is 0. The summed E-state index contributed by atoms with van der Waals surface area (Å²) in [5.74, 6) is 0.167. The van der Waals surface area contributed by atoms with Gasteiger partial charge in [0.2, 0.25) is 0 Å². The largest absolute Gasteiger partial charge is 0.506 e. The molecule has 0 aliphatic rings. The first-order valence-electron chi connectivity index (χ1n) is 4.83. The van der Waals surface area contributed by atoms with E-state index in [9.17, 15) is 5.11 Å². The summed E-state index contributed by atoms with van der Waals surface area (Å²) in [6.45, 7) is 0. The topological polar surface area (TPSA) is 32.6 Å². The van der Waals surface area contributed by atoms with Gasteiger partial charge in [-0.3, -0.25) is 4.99 Å². The molecule has 0 aliphatic carbocycles. The fraction of sp³-hybridized carbons (Fsp3) is 0. The number of aromatic hydroxyl groups is 1. The van der Waals surface area contributed by atoms with E-state index in [1.165, 1.54) is 0 Å². The Kier molecular flexibility index (Phi) is 3.22.